The summed E-state index contributed by atoms with van der Waals surface area (Å²) in [6.07, 6.45) is 7.49. The summed E-state index contributed by atoms with van der Waals surface area (Å²) in [5, 5.41) is 4.59. The van der Waals surface area contributed by atoms with Crippen LogP contribution >= 0.6 is 0 Å². The Morgan fingerprint density at radius 3 is 2.69 bits per heavy atom. The number of benzene rings is 1. The van der Waals surface area contributed by atoms with Crippen molar-refractivity contribution in [1.82, 2.24) is 24.5 Å². The molecule has 1 aliphatic heterocycles. The monoisotopic (exact) mass is 475 g/mol. The number of nitrogens with zero attached hydrogens (tertiary/aromatic N) is 5. The molecule has 1 aliphatic rings. The van der Waals surface area contributed by atoms with Crippen LogP contribution in [0.3, 0.4) is 0 Å². The average molecular weight is 476 g/mol. The van der Waals surface area contributed by atoms with E-state index in [-0.39, 0.29) is 11.9 Å². The fourth-order valence-corrected chi connectivity index (χ4v) is 4.73. The molecule has 180 valence electrons. The Morgan fingerprint density at radius 1 is 1.06 bits per heavy atom. The van der Waals surface area contributed by atoms with Gasteiger partial charge in [-0.3, -0.25) is 9.78 Å². The molecule has 1 amide bonds. The van der Waals surface area contributed by atoms with Gasteiger partial charge in [-0.15, -0.1) is 0 Å². The Kier molecular flexibility index (Phi) is 6.28. The van der Waals surface area contributed by atoms with E-state index in [1.807, 2.05) is 11.8 Å². The van der Waals surface area contributed by atoms with Gasteiger partial charge in [-0.2, -0.15) is 5.10 Å². The lowest BCUT2D eigenvalue weighted by molar-refractivity contribution is 0.0692. The maximum Gasteiger partial charge on any atom is 0.272 e. The summed E-state index contributed by atoms with van der Waals surface area (Å²) in [5.41, 5.74) is 3.46. The third-order valence-corrected chi connectivity index (χ3v) is 6.68. The lowest BCUT2D eigenvalue weighted by Gasteiger charge is -2.27. The van der Waals surface area contributed by atoms with E-state index in [0.29, 0.717) is 40.1 Å². The normalized spacial score (nSPS) is 16.5. The summed E-state index contributed by atoms with van der Waals surface area (Å²) in [5.74, 6) is -1.04. The van der Waals surface area contributed by atoms with Crippen LogP contribution in [0.1, 0.15) is 55.7 Å². The molecule has 4 aromatic rings. The topological polar surface area (TPSA) is 63.4 Å². The zero-order valence-corrected chi connectivity index (χ0v) is 19.8. The predicted molar refractivity (Wildman–Crippen MR) is 130 cm³/mol. The third kappa shape index (κ3) is 4.52. The van der Waals surface area contributed by atoms with Crippen LogP contribution in [0, 0.1) is 11.6 Å². The van der Waals surface area contributed by atoms with Crippen molar-refractivity contribution < 1.29 is 13.6 Å². The fraction of sp³-hybridized carbons (Fsp3) is 0.333. The van der Waals surface area contributed by atoms with Gasteiger partial charge in [0.05, 0.1) is 11.9 Å². The number of amides is 1. The quantitative estimate of drug-likeness (QED) is 0.380. The van der Waals surface area contributed by atoms with E-state index < -0.39 is 11.6 Å². The summed E-state index contributed by atoms with van der Waals surface area (Å²) in [7, 11) is 0. The van der Waals surface area contributed by atoms with E-state index in [2.05, 4.69) is 22.0 Å². The van der Waals surface area contributed by atoms with Crippen molar-refractivity contribution in [3.63, 3.8) is 0 Å². The van der Waals surface area contributed by atoms with Gasteiger partial charge in [0.15, 0.2) is 5.65 Å². The molecular weight excluding hydrogens is 448 g/mol. The summed E-state index contributed by atoms with van der Waals surface area (Å²) in [4.78, 5) is 23.7. The summed E-state index contributed by atoms with van der Waals surface area (Å²) in [6.45, 7) is 4.81. The Bertz CT molecular complexity index is 1400. The minimum atomic E-state index is -0.483. The van der Waals surface area contributed by atoms with Crippen molar-refractivity contribution in [2.24, 2.45) is 0 Å². The van der Waals surface area contributed by atoms with Crippen molar-refractivity contribution in [3.8, 4) is 22.4 Å². The van der Waals surface area contributed by atoms with Crippen molar-refractivity contribution in [1.29, 1.82) is 0 Å². The molecule has 1 fully saturated rings. The van der Waals surface area contributed by atoms with Crippen LogP contribution in [0.15, 0.2) is 48.8 Å². The van der Waals surface area contributed by atoms with Crippen molar-refractivity contribution >= 4 is 11.6 Å². The fourth-order valence-electron chi connectivity index (χ4n) is 4.73. The number of carbonyl (C=O) groups excluding carboxylic acids is 1. The molecule has 1 atom stereocenters. The second-order valence-corrected chi connectivity index (χ2v) is 9.07. The Hall–Kier alpha value is -3.68. The van der Waals surface area contributed by atoms with Gasteiger partial charge in [0.25, 0.3) is 5.91 Å². The molecule has 1 unspecified atom stereocenters. The Labute approximate surface area is 202 Å². The minimum absolute atomic E-state index is 0.0708. The molecule has 1 aromatic carbocycles. The van der Waals surface area contributed by atoms with Crippen LogP contribution in [0.2, 0.25) is 0 Å². The van der Waals surface area contributed by atoms with E-state index in [1.165, 1.54) is 18.3 Å². The number of pyridine rings is 1. The number of hydrogen-bond donors (Lipinski definition) is 0. The first kappa shape index (κ1) is 23.1. The molecule has 35 heavy (non-hydrogen) atoms. The van der Waals surface area contributed by atoms with Gasteiger partial charge in [-0.25, -0.2) is 18.3 Å². The molecule has 0 aliphatic carbocycles. The highest BCUT2D eigenvalue weighted by molar-refractivity contribution is 5.93. The van der Waals surface area contributed by atoms with Crippen LogP contribution in [0.5, 0.6) is 0 Å². The molecule has 3 aromatic heterocycles. The maximum absolute atomic E-state index is 15.1. The lowest BCUT2D eigenvalue weighted by atomic mass is 10.0. The van der Waals surface area contributed by atoms with E-state index in [1.54, 1.807) is 28.8 Å². The van der Waals surface area contributed by atoms with Crippen molar-refractivity contribution in [2.75, 3.05) is 6.54 Å². The smallest absolute Gasteiger partial charge is 0.272 e. The first-order chi connectivity index (χ1) is 16.9. The lowest BCUT2D eigenvalue weighted by Crippen LogP contribution is -2.38. The number of fused-ring (bicyclic) bond motifs is 1. The molecule has 0 spiro atoms. The first-order valence-corrected chi connectivity index (χ1v) is 12.1. The van der Waals surface area contributed by atoms with Crippen molar-refractivity contribution in [2.45, 2.75) is 52.0 Å². The summed E-state index contributed by atoms with van der Waals surface area (Å²) >= 11 is 0. The molecule has 1 saturated heterocycles. The molecule has 0 radical (unpaired) electrons. The highest BCUT2D eigenvalue weighted by Crippen LogP contribution is 2.28. The van der Waals surface area contributed by atoms with Gasteiger partial charge >= 0.3 is 0 Å². The second-order valence-electron chi connectivity index (χ2n) is 9.07. The van der Waals surface area contributed by atoms with Crippen LogP contribution in [-0.4, -0.2) is 43.0 Å². The molecule has 4 heterocycles. The van der Waals surface area contributed by atoms with Crippen LogP contribution in [0.4, 0.5) is 8.78 Å². The van der Waals surface area contributed by atoms with Gasteiger partial charge in [0, 0.05) is 41.7 Å². The van der Waals surface area contributed by atoms with E-state index in [0.717, 1.165) is 44.1 Å². The highest BCUT2D eigenvalue weighted by atomic mass is 19.1. The standard InChI is InChI=1S/C27H27F2N5O/c1-3-21-13-25(27(35)33-10-6-4-5-7-17(33)2)31-26-14-24(32-34(21)26)22-9-8-18(12-23(22)29)19-11-20(28)16-30-15-19/h8-9,11-17H,3-7,10H2,1-2H3. The van der Waals surface area contributed by atoms with E-state index in [9.17, 15) is 9.18 Å². The molecule has 0 bridgehead atoms. The maximum atomic E-state index is 15.1. The van der Waals surface area contributed by atoms with Crippen molar-refractivity contribution in [3.05, 3.63) is 71.8 Å². The van der Waals surface area contributed by atoms with Crippen LogP contribution in [0.25, 0.3) is 28.0 Å². The SMILES string of the molecule is CCc1cc(C(=O)N2CCCCCC2C)nc2cc(-c3ccc(-c4cncc(F)c4)cc3F)nn12. The molecule has 5 rings (SSSR count). The van der Waals surface area contributed by atoms with Crippen LogP contribution < -0.4 is 0 Å². The number of rotatable bonds is 4. The molecule has 8 heteroatoms. The van der Waals surface area contributed by atoms with Crippen LogP contribution in [-0.2, 0) is 6.42 Å². The zero-order chi connectivity index (χ0) is 24.5. The number of halogens is 2. The van der Waals surface area contributed by atoms with Gasteiger partial charge in [-0.05, 0) is 56.0 Å². The highest BCUT2D eigenvalue weighted by Gasteiger charge is 2.25. The predicted octanol–water partition coefficient (Wildman–Crippen LogP) is 5.70. The Balaban J connectivity index is 1.51. The number of likely N-dealkylation sites (tertiary alicyclic amines) is 1. The van der Waals surface area contributed by atoms with E-state index >= 15 is 4.39 Å². The largest absolute Gasteiger partial charge is 0.335 e. The summed E-state index contributed by atoms with van der Waals surface area (Å²) in [6, 6.07) is 9.66. The summed E-state index contributed by atoms with van der Waals surface area (Å²) < 4.78 is 30.3. The number of carbonyl (C=O) groups is 1. The number of aryl methyl sites for hydroxylation is 1. The first-order valence-electron chi connectivity index (χ1n) is 12.1. The molecule has 6 nitrogen and oxygen atoms in total. The van der Waals surface area contributed by atoms with Gasteiger partial charge < -0.3 is 4.90 Å². The van der Waals surface area contributed by atoms with E-state index in [4.69, 9.17) is 0 Å². The average Bonchev–Trinajstić information content (AvgIpc) is 3.17. The Morgan fingerprint density at radius 2 is 1.91 bits per heavy atom. The minimum Gasteiger partial charge on any atom is -0.335 e. The van der Waals surface area contributed by atoms with Gasteiger partial charge in [0.1, 0.15) is 17.3 Å². The number of hydrogen-bond acceptors (Lipinski definition) is 4. The molecule has 0 saturated carbocycles. The number of aromatic nitrogens is 4. The third-order valence-electron chi connectivity index (χ3n) is 6.68. The van der Waals surface area contributed by atoms with Gasteiger partial charge in [0.2, 0.25) is 0 Å². The van der Waals surface area contributed by atoms with Gasteiger partial charge in [-0.1, -0.05) is 25.8 Å². The molecule has 0 N–H and O–H groups in total. The second kappa shape index (κ2) is 9.52. The molecular formula is C27H27F2N5O. The zero-order valence-electron chi connectivity index (χ0n) is 19.8.